The van der Waals surface area contributed by atoms with Gasteiger partial charge in [0.1, 0.15) is 0 Å². The third-order valence-electron chi connectivity index (χ3n) is 2.99. The van der Waals surface area contributed by atoms with Gasteiger partial charge in [-0.2, -0.15) is 0 Å². The zero-order valence-electron chi connectivity index (χ0n) is 12.1. The van der Waals surface area contributed by atoms with Crippen LogP contribution in [0.25, 0.3) is 0 Å². The van der Waals surface area contributed by atoms with E-state index in [4.69, 9.17) is 0 Å². The SMILES string of the molecule is CCNC(=NCCS(=O)(=O)c1ccccc1)NC1CC1.I. The van der Waals surface area contributed by atoms with Crippen molar-refractivity contribution in [1.82, 2.24) is 10.6 Å². The summed E-state index contributed by atoms with van der Waals surface area (Å²) in [5.41, 5.74) is 0. The lowest BCUT2D eigenvalue weighted by Gasteiger charge is -2.10. The number of nitrogens with one attached hydrogen (secondary N) is 2. The van der Waals surface area contributed by atoms with Crippen molar-refractivity contribution in [2.24, 2.45) is 4.99 Å². The van der Waals surface area contributed by atoms with E-state index in [1.165, 1.54) is 0 Å². The zero-order chi connectivity index (χ0) is 14.4. The van der Waals surface area contributed by atoms with E-state index in [-0.39, 0.29) is 36.3 Å². The molecule has 21 heavy (non-hydrogen) atoms. The maximum absolute atomic E-state index is 12.1. The molecule has 0 atom stereocenters. The second kappa shape index (κ2) is 8.57. The van der Waals surface area contributed by atoms with Crippen molar-refractivity contribution >= 4 is 39.8 Å². The van der Waals surface area contributed by atoms with Gasteiger partial charge in [0.2, 0.25) is 0 Å². The Bertz CT molecular complexity index is 557. The highest BCUT2D eigenvalue weighted by atomic mass is 127. The van der Waals surface area contributed by atoms with Crippen LogP contribution in [-0.2, 0) is 9.84 Å². The van der Waals surface area contributed by atoms with E-state index in [0.29, 0.717) is 16.9 Å². The maximum Gasteiger partial charge on any atom is 0.191 e. The third kappa shape index (κ3) is 6.21. The number of halogens is 1. The molecule has 1 aliphatic rings. The molecule has 1 aliphatic carbocycles. The molecule has 2 rings (SSSR count). The Morgan fingerprint density at radius 2 is 1.95 bits per heavy atom. The molecule has 2 N–H and O–H groups in total. The van der Waals surface area contributed by atoms with Crippen LogP contribution in [0.1, 0.15) is 19.8 Å². The predicted octanol–water partition coefficient (Wildman–Crippen LogP) is 1.80. The second-order valence-electron chi connectivity index (χ2n) is 4.81. The number of hydrogen-bond acceptors (Lipinski definition) is 3. The summed E-state index contributed by atoms with van der Waals surface area (Å²) in [6.07, 6.45) is 2.32. The van der Waals surface area contributed by atoms with E-state index in [1.54, 1.807) is 30.3 Å². The van der Waals surface area contributed by atoms with Gasteiger partial charge >= 0.3 is 0 Å². The number of rotatable bonds is 6. The molecule has 0 aromatic heterocycles. The molecule has 118 valence electrons. The van der Waals surface area contributed by atoms with Gasteiger partial charge in [0.15, 0.2) is 15.8 Å². The summed E-state index contributed by atoms with van der Waals surface area (Å²) in [6, 6.07) is 9.00. The van der Waals surface area contributed by atoms with Crippen molar-refractivity contribution in [3.63, 3.8) is 0 Å². The summed E-state index contributed by atoms with van der Waals surface area (Å²) in [7, 11) is -3.25. The van der Waals surface area contributed by atoms with Crippen molar-refractivity contribution in [2.75, 3.05) is 18.8 Å². The van der Waals surface area contributed by atoms with Gasteiger partial charge in [0.05, 0.1) is 17.2 Å². The molecule has 0 unspecified atom stereocenters. The van der Waals surface area contributed by atoms with Crippen LogP contribution >= 0.6 is 24.0 Å². The predicted molar refractivity (Wildman–Crippen MR) is 96.0 cm³/mol. The van der Waals surface area contributed by atoms with Crippen LogP contribution in [0, 0.1) is 0 Å². The molecule has 1 aromatic rings. The van der Waals surface area contributed by atoms with Crippen LogP contribution in [0.3, 0.4) is 0 Å². The monoisotopic (exact) mass is 423 g/mol. The lowest BCUT2D eigenvalue weighted by atomic mass is 10.4. The summed E-state index contributed by atoms with van der Waals surface area (Å²) in [5, 5.41) is 6.39. The minimum absolute atomic E-state index is 0. The summed E-state index contributed by atoms with van der Waals surface area (Å²) < 4.78 is 24.2. The first kappa shape index (κ1) is 18.2. The minimum Gasteiger partial charge on any atom is -0.357 e. The van der Waals surface area contributed by atoms with Gasteiger partial charge in [-0.3, -0.25) is 4.99 Å². The Hall–Kier alpha value is -0.830. The van der Waals surface area contributed by atoms with E-state index in [1.807, 2.05) is 6.92 Å². The molecule has 0 aliphatic heterocycles. The number of guanidine groups is 1. The maximum atomic E-state index is 12.1. The Kier molecular flexibility index (Phi) is 7.44. The quantitative estimate of drug-likeness (QED) is 0.416. The van der Waals surface area contributed by atoms with Gasteiger partial charge in [-0.05, 0) is 31.9 Å². The summed E-state index contributed by atoms with van der Waals surface area (Å²) >= 11 is 0. The molecule has 0 spiro atoms. The Morgan fingerprint density at radius 1 is 1.29 bits per heavy atom. The number of hydrogen-bond donors (Lipinski definition) is 2. The molecule has 0 bridgehead atoms. The number of sulfone groups is 1. The van der Waals surface area contributed by atoms with Crippen LogP contribution in [0.4, 0.5) is 0 Å². The lowest BCUT2D eigenvalue weighted by molar-refractivity contribution is 0.596. The molecular formula is C14H22IN3O2S. The molecule has 0 heterocycles. The largest absolute Gasteiger partial charge is 0.357 e. The van der Waals surface area contributed by atoms with Crippen molar-refractivity contribution in [3.8, 4) is 0 Å². The first-order chi connectivity index (χ1) is 9.62. The van der Waals surface area contributed by atoms with Gasteiger partial charge < -0.3 is 10.6 Å². The summed E-state index contributed by atoms with van der Waals surface area (Å²) in [6.45, 7) is 3.02. The van der Waals surface area contributed by atoms with Crippen molar-refractivity contribution in [2.45, 2.75) is 30.7 Å². The Balaban J connectivity index is 0.00000220. The first-order valence-electron chi connectivity index (χ1n) is 6.94. The van der Waals surface area contributed by atoms with Crippen LogP contribution < -0.4 is 10.6 Å². The number of benzene rings is 1. The first-order valence-corrected chi connectivity index (χ1v) is 8.59. The van der Waals surface area contributed by atoms with Crippen molar-refractivity contribution < 1.29 is 8.42 Å². The average Bonchev–Trinajstić information content (AvgIpc) is 3.24. The summed E-state index contributed by atoms with van der Waals surface area (Å²) in [5.74, 6) is 0.733. The van der Waals surface area contributed by atoms with E-state index in [2.05, 4.69) is 15.6 Å². The van der Waals surface area contributed by atoms with Crippen molar-refractivity contribution in [1.29, 1.82) is 0 Å². The van der Waals surface area contributed by atoms with E-state index in [0.717, 1.165) is 19.4 Å². The fraction of sp³-hybridized carbons (Fsp3) is 0.500. The second-order valence-corrected chi connectivity index (χ2v) is 6.92. The standard InChI is InChI=1S/C14H21N3O2S.HI/c1-2-15-14(17-12-8-9-12)16-10-11-20(18,19)13-6-4-3-5-7-13;/h3-7,12H,2,8-11H2,1H3,(H2,15,16,17);1H. The van der Waals surface area contributed by atoms with Crippen molar-refractivity contribution in [3.05, 3.63) is 30.3 Å². The topological polar surface area (TPSA) is 70.6 Å². The Labute approximate surface area is 143 Å². The molecule has 0 radical (unpaired) electrons. The van der Waals surface area contributed by atoms with Gasteiger partial charge in [-0.1, -0.05) is 18.2 Å². The normalized spacial score (nSPS) is 15.2. The van der Waals surface area contributed by atoms with E-state index < -0.39 is 9.84 Å². The zero-order valence-corrected chi connectivity index (χ0v) is 15.2. The lowest BCUT2D eigenvalue weighted by Crippen LogP contribution is -2.38. The highest BCUT2D eigenvalue weighted by molar-refractivity contribution is 14.0. The van der Waals surface area contributed by atoms with Gasteiger partial charge in [-0.25, -0.2) is 8.42 Å². The molecule has 0 amide bonds. The molecule has 0 saturated heterocycles. The van der Waals surface area contributed by atoms with Crippen LogP contribution in [0.15, 0.2) is 40.2 Å². The number of nitrogens with zero attached hydrogens (tertiary/aromatic N) is 1. The third-order valence-corrected chi connectivity index (χ3v) is 4.71. The summed E-state index contributed by atoms with van der Waals surface area (Å²) in [4.78, 5) is 4.68. The van der Waals surface area contributed by atoms with Crippen LogP contribution in [0.2, 0.25) is 0 Å². The smallest absolute Gasteiger partial charge is 0.191 e. The Morgan fingerprint density at radius 3 is 2.52 bits per heavy atom. The fourth-order valence-corrected chi connectivity index (χ4v) is 2.90. The fourth-order valence-electron chi connectivity index (χ4n) is 1.76. The minimum atomic E-state index is -3.25. The molecule has 7 heteroatoms. The van der Waals surface area contributed by atoms with Crippen LogP contribution in [0.5, 0.6) is 0 Å². The van der Waals surface area contributed by atoms with Gasteiger partial charge in [0, 0.05) is 12.6 Å². The van der Waals surface area contributed by atoms with Crippen LogP contribution in [-0.4, -0.2) is 39.3 Å². The molecule has 5 nitrogen and oxygen atoms in total. The highest BCUT2D eigenvalue weighted by Gasteiger charge is 2.22. The molecule has 1 saturated carbocycles. The molecular weight excluding hydrogens is 401 g/mol. The number of aliphatic imine (C=N–C) groups is 1. The van der Waals surface area contributed by atoms with Gasteiger partial charge in [0.25, 0.3) is 0 Å². The van der Waals surface area contributed by atoms with Gasteiger partial charge in [-0.15, -0.1) is 24.0 Å². The highest BCUT2D eigenvalue weighted by Crippen LogP contribution is 2.18. The molecule has 1 aromatic carbocycles. The van der Waals surface area contributed by atoms with E-state index in [9.17, 15) is 8.42 Å². The van der Waals surface area contributed by atoms with E-state index >= 15 is 0 Å². The molecule has 1 fully saturated rings. The average molecular weight is 423 g/mol.